The minimum absolute atomic E-state index is 0.104. The number of phenolic OH excluding ortho intramolecular Hbond substituents is 1. The van der Waals surface area contributed by atoms with E-state index < -0.39 is 10.0 Å². The van der Waals surface area contributed by atoms with Crippen molar-refractivity contribution in [1.82, 2.24) is 14.7 Å². The van der Waals surface area contributed by atoms with Crippen molar-refractivity contribution in [3.05, 3.63) is 42.5 Å². The van der Waals surface area contributed by atoms with Gasteiger partial charge in [0, 0.05) is 25.4 Å². The minimum atomic E-state index is -3.66. The van der Waals surface area contributed by atoms with Crippen LogP contribution in [0.5, 0.6) is 5.75 Å². The normalized spacial score (nSPS) is 11.6. The number of aromatic nitrogens is 2. The van der Waals surface area contributed by atoms with Crippen molar-refractivity contribution in [2.45, 2.75) is 17.7 Å². The lowest BCUT2D eigenvalue weighted by molar-refractivity contribution is 0.458. The summed E-state index contributed by atoms with van der Waals surface area (Å²) >= 11 is 0. The third kappa shape index (κ3) is 3.55. The highest BCUT2D eigenvalue weighted by molar-refractivity contribution is 7.89. The maximum Gasteiger partial charge on any atom is 0.244 e. The van der Waals surface area contributed by atoms with Crippen molar-refractivity contribution < 1.29 is 13.5 Å². The van der Waals surface area contributed by atoms with E-state index in [0.717, 1.165) is 5.82 Å². The molecule has 0 aliphatic rings. The van der Waals surface area contributed by atoms with Crippen LogP contribution in [-0.2, 0) is 16.4 Å². The molecule has 3 N–H and O–H groups in total. The van der Waals surface area contributed by atoms with Gasteiger partial charge in [-0.3, -0.25) is 0 Å². The first kappa shape index (κ1) is 13.6. The van der Waals surface area contributed by atoms with Crippen LogP contribution >= 0.6 is 0 Å². The van der Waals surface area contributed by atoms with E-state index in [4.69, 9.17) is 0 Å². The molecular formula is C12H15N3O3S. The van der Waals surface area contributed by atoms with Gasteiger partial charge in [0.15, 0.2) is 0 Å². The molecule has 1 aromatic heterocycles. The average Bonchev–Trinajstić information content (AvgIpc) is 2.88. The molecule has 1 aromatic carbocycles. The number of hydrogen-bond donors (Lipinski definition) is 3. The van der Waals surface area contributed by atoms with Gasteiger partial charge >= 0.3 is 0 Å². The summed E-state index contributed by atoms with van der Waals surface area (Å²) in [6, 6.07) is 5.85. The molecule has 0 atom stereocenters. The van der Waals surface area contributed by atoms with Gasteiger partial charge in [-0.15, -0.1) is 0 Å². The van der Waals surface area contributed by atoms with E-state index in [1.807, 2.05) is 0 Å². The number of rotatable bonds is 6. The summed E-state index contributed by atoms with van der Waals surface area (Å²) in [5, 5.41) is 9.52. The quantitative estimate of drug-likeness (QED) is 0.689. The Balaban J connectivity index is 1.90. The van der Waals surface area contributed by atoms with Crippen LogP contribution < -0.4 is 4.72 Å². The second kappa shape index (κ2) is 5.85. The molecule has 1 heterocycles. The summed E-state index contributed by atoms with van der Waals surface area (Å²) in [6.07, 6.45) is 4.67. The van der Waals surface area contributed by atoms with E-state index in [1.165, 1.54) is 12.1 Å². The number of sulfonamides is 1. The summed E-state index contributed by atoms with van der Waals surface area (Å²) < 4.78 is 26.3. The number of benzene rings is 1. The molecule has 0 saturated carbocycles. The molecule has 0 unspecified atom stereocenters. The molecule has 0 fully saturated rings. The zero-order valence-corrected chi connectivity index (χ0v) is 11.0. The fourth-order valence-electron chi connectivity index (χ4n) is 1.66. The van der Waals surface area contributed by atoms with Crippen molar-refractivity contribution in [3.63, 3.8) is 0 Å². The summed E-state index contributed by atoms with van der Waals surface area (Å²) in [4.78, 5) is 6.89. The van der Waals surface area contributed by atoms with Gasteiger partial charge in [0.05, 0.1) is 0 Å². The Morgan fingerprint density at radius 2 is 2.11 bits per heavy atom. The zero-order valence-electron chi connectivity index (χ0n) is 10.2. The van der Waals surface area contributed by atoms with Crippen LogP contribution in [0, 0.1) is 0 Å². The molecule has 102 valence electrons. The van der Waals surface area contributed by atoms with Crippen molar-refractivity contribution in [2.75, 3.05) is 6.54 Å². The molecule has 0 bridgehead atoms. The molecule has 0 amide bonds. The molecule has 2 aromatic rings. The summed E-state index contributed by atoms with van der Waals surface area (Å²) in [7, 11) is -3.66. The van der Waals surface area contributed by atoms with Crippen LogP contribution in [0.3, 0.4) is 0 Å². The highest BCUT2D eigenvalue weighted by Gasteiger charge is 2.16. The molecule has 0 spiro atoms. The molecule has 0 radical (unpaired) electrons. The van der Waals surface area contributed by atoms with Crippen LogP contribution in [0.2, 0.25) is 0 Å². The zero-order chi connectivity index (χ0) is 13.7. The number of para-hydroxylation sites is 1. The van der Waals surface area contributed by atoms with Gasteiger partial charge in [-0.2, -0.15) is 0 Å². The van der Waals surface area contributed by atoms with E-state index in [0.29, 0.717) is 12.8 Å². The maximum atomic E-state index is 11.9. The molecule has 0 saturated heterocycles. The third-order valence-corrected chi connectivity index (χ3v) is 4.10. The summed E-state index contributed by atoms with van der Waals surface area (Å²) in [5.74, 6) is 0.572. The van der Waals surface area contributed by atoms with Crippen molar-refractivity contribution >= 4 is 10.0 Å². The fraction of sp³-hybridized carbons (Fsp3) is 0.250. The number of aromatic amines is 1. The Hall–Kier alpha value is -1.86. The van der Waals surface area contributed by atoms with Gasteiger partial charge < -0.3 is 10.1 Å². The number of phenols is 1. The number of imidazole rings is 1. The standard InChI is InChI=1S/C12H15N3O3S/c16-10-4-1-2-5-11(10)19(17,18)15-7-3-6-12-13-8-9-14-12/h1-2,4-5,8-9,15-16H,3,6-7H2,(H,13,14). The van der Waals surface area contributed by atoms with Crippen molar-refractivity contribution in [2.24, 2.45) is 0 Å². The monoisotopic (exact) mass is 281 g/mol. The van der Waals surface area contributed by atoms with Gasteiger partial charge in [0.25, 0.3) is 0 Å². The van der Waals surface area contributed by atoms with Gasteiger partial charge in [-0.05, 0) is 18.6 Å². The predicted molar refractivity (Wildman–Crippen MR) is 70.2 cm³/mol. The van der Waals surface area contributed by atoms with Gasteiger partial charge in [-0.25, -0.2) is 18.1 Å². The smallest absolute Gasteiger partial charge is 0.244 e. The molecule has 2 rings (SSSR count). The maximum absolute atomic E-state index is 11.9. The first-order chi connectivity index (χ1) is 9.09. The number of aromatic hydroxyl groups is 1. The van der Waals surface area contributed by atoms with Gasteiger partial charge in [0.1, 0.15) is 16.5 Å². The van der Waals surface area contributed by atoms with E-state index in [9.17, 15) is 13.5 Å². The number of aryl methyl sites for hydroxylation is 1. The Kier molecular flexibility index (Phi) is 4.18. The lowest BCUT2D eigenvalue weighted by atomic mass is 10.3. The van der Waals surface area contributed by atoms with Crippen LogP contribution in [0.15, 0.2) is 41.6 Å². The highest BCUT2D eigenvalue weighted by Crippen LogP contribution is 2.20. The van der Waals surface area contributed by atoms with E-state index in [2.05, 4.69) is 14.7 Å². The van der Waals surface area contributed by atoms with Crippen molar-refractivity contribution in [1.29, 1.82) is 0 Å². The third-order valence-electron chi connectivity index (χ3n) is 2.59. The largest absolute Gasteiger partial charge is 0.507 e. The van der Waals surface area contributed by atoms with Crippen LogP contribution in [0.4, 0.5) is 0 Å². The van der Waals surface area contributed by atoms with E-state index in [1.54, 1.807) is 24.5 Å². The predicted octanol–water partition coefficient (Wildman–Crippen LogP) is 1.03. The molecule has 19 heavy (non-hydrogen) atoms. The van der Waals surface area contributed by atoms with Crippen LogP contribution in [-0.4, -0.2) is 30.0 Å². The molecule has 0 aliphatic heterocycles. The van der Waals surface area contributed by atoms with E-state index in [-0.39, 0.29) is 17.2 Å². The summed E-state index contributed by atoms with van der Waals surface area (Å²) in [6.45, 7) is 0.289. The highest BCUT2D eigenvalue weighted by atomic mass is 32.2. The van der Waals surface area contributed by atoms with Crippen LogP contribution in [0.1, 0.15) is 12.2 Å². The van der Waals surface area contributed by atoms with Gasteiger partial charge in [-0.1, -0.05) is 12.1 Å². The Morgan fingerprint density at radius 3 is 2.79 bits per heavy atom. The first-order valence-corrected chi connectivity index (χ1v) is 7.34. The topological polar surface area (TPSA) is 95.1 Å². The number of H-pyrrole nitrogens is 1. The lowest BCUT2D eigenvalue weighted by Gasteiger charge is -2.07. The average molecular weight is 281 g/mol. The Morgan fingerprint density at radius 1 is 1.32 bits per heavy atom. The minimum Gasteiger partial charge on any atom is -0.507 e. The van der Waals surface area contributed by atoms with Gasteiger partial charge in [0.2, 0.25) is 10.0 Å². The SMILES string of the molecule is O=S(=O)(NCCCc1ncc[nH]1)c1ccccc1O. The molecule has 6 nitrogen and oxygen atoms in total. The molecule has 0 aliphatic carbocycles. The lowest BCUT2D eigenvalue weighted by Crippen LogP contribution is -2.25. The fourth-order valence-corrected chi connectivity index (χ4v) is 2.83. The second-order valence-corrected chi connectivity index (χ2v) is 5.74. The molecule has 7 heteroatoms. The summed E-state index contributed by atoms with van der Waals surface area (Å²) in [5.41, 5.74) is 0. The molecular weight excluding hydrogens is 266 g/mol. The number of nitrogens with one attached hydrogen (secondary N) is 2. The van der Waals surface area contributed by atoms with Crippen LogP contribution in [0.25, 0.3) is 0 Å². The second-order valence-electron chi connectivity index (χ2n) is 4.00. The number of nitrogens with zero attached hydrogens (tertiary/aromatic N) is 1. The number of hydrogen-bond acceptors (Lipinski definition) is 4. The first-order valence-electron chi connectivity index (χ1n) is 5.85. The van der Waals surface area contributed by atoms with Crippen molar-refractivity contribution in [3.8, 4) is 5.75 Å². The Bertz CT molecular complexity index is 623. The van der Waals surface area contributed by atoms with E-state index >= 15 is 0 Å². The Labute approximate surface area is 111 Å².